The second kappa shape index (κ2) is 8.63. The molecule has 0 heterocycles. The number of anilines is 1. The Balaban J connectivity index is 1.98. The number of hydrazone groups is 1. The number of benzene rings is 2. The third-order valence-corrected chi connectivity index (χ3v) is 3.44. The molecule has 0 aliphatic carbocycles. The lowest BCUT2D eigenvalue weighted by Gasteiger charge is -2.08. The molecule has 0 atom stereocenters. The van der Waals surface area contributed by atoms with Gasteiger partial charge < -0.3 is 10.1 Å². The van der Waals surface area contributed by atoms with E-state index in [2.05, 4.69) is 15.8 Å². The minimum Gasteiger partial charge on any atom is -0.493 e. The smallest absolute Gasteiger partial charge is 0.329 e. The Morgan fingerprint density at radius 3 is 2.64 bits per heavy atom. The van der Waals surface area contributed by atoms with Gasteiger partial charge >= 0.3 is 11.8 Å². The molecule has 0 bridgehead atoms. The number of rotatable bonds is 5. The highest BCUT2D eigenvalue weighted by Crippen LogP contribution is 2.16. The second-order valence-electron chi connectivity index (χ2n) is 5.44. The van der Waals surface area contributed by atoms with Gasteiger partial charge in [-0.2, -0.15) is 5.10 Å². The molecule has 6 heteroatoms. The summed E-state index contributed by atoms with van der Waals surface area (Å²) in [5, 5.41) is 6.40. The van der Waals surface area contributed by atoms with E-state index in [0.717, 1.165) is 11.1 Å². The Labute approximate surface area is 146 Å². The van der Waals surface area contributed by atoms with E-state index in [0.29, 0.717) is 23.6 Å². The molecule has 25 heavy (non-hydrogen) atoms. The summed E-state index contributed by atoms with van der Waals surface area (Å²) < 4.78 is 5.46. The molecule has 6 nitrogen and oxygen atoms in total. The number of carbonyl (C=O) groups is 2. The van der Waals surface area contributed by atoms with E-state index in [1.54, 1.807) is 12.1 Å². The van der Waals surface area contributed by atoms with Crippen LogP contribution in [0.2, 0.25) is 0 Å². The van der Waals surface area contributed by atoms with Gasteiger partial charge in [-0.1, -0.05) is 24.3 Å². The first kappa shape index (κ1) is 18.2. The highest BCUT2D eigenvalue weighted by molar-refractivity contribution is 6.39. The average Bonchev–Trinajstić information content (AvgIpc) is 2.59. The third kappa shape index (κ3) is 5.17. The fraction of sp³-hybridized carbons (Fsp3) is 0.211. The van der Waals surface area contributed by atoms with E-state index in [1.807, 2.05) is 51.1 Å². The van der Waals surface area contributed by atoms with Crippen LogP contribution in [0.3, 0.4) is 0 Å². The van der Waals surface area contributed by atoms with Gasteiger partial charge in [0.05, 0.1) is 12.8 Å². The van der Waals surface area contributed by atoms with E-state index in [4.69, 9.17) is 4.74 Å². The van der Waals surface area contributed by atoms with Gasteiger partial charge in [-0.25, -0.2) is 5.43 Å². The number of hydrogen-bond donors (Lipinski definition) is 2. The molecule has 0 saturated carbocycles. The monoisotopic (exact) mass is 339 g/mol. The maximum Gasteiger partial charge on any atom is 0.329 e. The van der Waals surface area contributed by atoms with E-state index >= 15 is 0 Å². The molecular weight excluding hydrogens is 318 g/mol. The van der Waals surface area contributed by atoms with Crippen LogP contribution in [0.15, 0.2) is 47.6 Å². The third-order valence-electron chi connectivity index (χ3n) is 3.44. The SMILES string of the molecule is CCOc1ccccc1/C=N\NC(=O)C(=O)Nc1cc(C)ccc1C. The van der Waals surface area contributed by atoms with Crippen LogP contribution in [0.4, 0.5) is 5.69 Å². The first-order chi connectivity index (χ1) is 12.0. The maximum absolute atomic E-state index is 12.0. The largest absolute Gasteiger partial charge is 0.493 e. The molecule has 130 valence electrons. The summed E-state index contributed by atoms with van der Waals surface area (Å²) in [6, 6.07) is 12.9. The zero-order chi connectivity index (χ0) is 18.2. The van der Waals surface area contributed by atoms with Crippen molar-refractivity contribution in [2.75, 3.05) is 11.9 Å². The normalized spacial score (nSPS) is 10.5. The van der Waals surface area contributed by atoms with Crippen LogP contribution in [0.5, 0.6) is 5.75 Å². The molecule has 0 aromatic heterocycles. The summed E-state index contributed by atoms with van der Waals surface area (Å²) >= 11 is 0. The molecule has 2 aromatic rings. The summed E-state index contributed by atoms with van der Waals surface area (Å²) in [6.07, 6.45) is 1.44. The van der Waals surface area contributed by atoms with E-state index in [1.165, 1.54) is 6.21 Å². The average molecular weight is 339 g/mol. The van der Waals surface area contributed by atoms with Crippen LogP contribution in [0.25, 0.3) is 0 Å². The van der Waals surface area contributed by atoms with E-state index in [9.17, 15) is 9.59 Å². The first-order valence-corrected chi connectivity index (χ1v) is 7.94. The van der Waals surface area contributed by atoms with Crippen LogP contribution in [0.1, 0.15) is 23.6 Å². The molecule has 0 spiro atoms. The molecule has 2 rings (SSSR count). The molecule has 0 unspecified atom stereocenters. The summed E-state index contributed by atoms with van der Waals surface area (Å²) in [5.74, 6) is -0.960. The predicted molar refractivity (Wildman–Crippen MR) is 97.9 cm³/mol. The topological polar surface area (TPSA) is 79.8 Å². The minimum absolute atomic E-state index is 0.523. The zero-order valence-electron chi connectivity index (χ0n) is 14.5. The van der Waals surface area contributed by atoms with Crippen molar-refractivity contribution in [3.8, 4) is 5.75 Å². The van der Waals surface area contributed by atoms with Crippen LogP contribution < -0.4 is 15.5 Å². The van der Waals surface area contributed by atoms with Gasteiger partial charge in [0.15, 0.2) is 0 Å². The van der Waals surface area contributed by atoms with Gasteiger partial charge in [0.1, 0.15) is 5.75 Å². The van der Waals surface area contributed by atoms with Crippen LogP contribution >= 0.6 is 0 Å². The Morgan fingerprint density at radius 2 is 1.88 bits per heavy atom. The highest BCUT2D eigenvalue weighted by atomic mass is 16.5. The standard InChI is InChI=1S/C19H21N3O3/c1-4-25-17-8-6-5-7-15(17)12-20-22-19(24)18(23)21-16-11-13(2)9-10-14(16)3/h5-12H,4H2,1-3H3,(H,21,23)(H,22,24)/b20-12-. The van der Waals surface area contributed by atoms with Crippen LogP contribution in [-0.4, -0.2) is 24.6 Å². The lowest BCUT2D eigenvalue weighted by Crippen LogP contribution is -2.32. The van der Waals surface area contributed by atoms with Crippen molar-refractivity contribution in [1.29, 1.82) is 0 Å². The molecule has 0 aliphatic rings. The lowest BCUT2D eigenvalue weighted by atomic mass is 10.1. The molecule has 2 N–H and O–H groups in total. The molecule has 2 amide bonds. The summed E-state index contributed by atoms with van der Waals surface area (Å²) in [5.41, 5.74) is 5.40. The van der Waals surface area contributed by atoms with Gasteiger partial charge in [-0.05, 0) is 50.1 Å². The molecule has 0 radical (unpaired) electrons. The molecular formula is C19H21N3O3. The van der Waals surface area contributed by atoms with Crippen molar-refractivity contribution < 1.29 is 14.3 Å². The molecule has 0 fully saturated rings. The van der Waals surface area contributed by atoms with Crippen LogP contribution in [-0.2, 0) is 9.59 Å². The number of carbonyl (C=O) groups excluding carboxylic acids is 2. The number of para-hydroxylation sites is 1. The number of ether oxygens (including phenoxy) is 1. The molecule has 0 saturated heterocycles. The van der Waals surface area contributed by atoms with Crippen molar-refractivity contribution in [1.82, 2.24) is 5.43 Å². The zero-order valence-corrected chi connectivity index (χ0v) is 14.5. The van der Waals surface area contributed by atoms with Crippen molar-refractivity contribution in [2.45, 2.75) is 20.8 Å². The fourth-order valence-electron chi connectivity index (χ4n) is 2.13. The number of aryl methyl sites for hydroxylation is 2. The maximum atomic E-state index is 12.0. The summed E-state index contributed by atoms with van der Waals surface area (Å²) in [7, 11) is 0. The van der Waals surface area contributed by atoms with E-state index in [-0.39, 0.29) is 0 Å². The van der Waals surface area contributed by atoms with Gasteiger partial charge in [-0.3, -0.25) is 9.59 Å². The van der Waals surface area contributed by atoms with Crippen molar-refractivity contribution >= 4 is 23.7 Å². The first-order valence-electron chi connectivity index (χ1n) is 7.94. The minimum atomic E-state index is -0.842. The van der Waals surface area contributed by atoms with Crippen molar-refractivity contribution in [3.63, 3.8) is 0 Å². The van der Waals surface area contributed by atoms with Gasteiger partial charge in [0, 0.05) is 11.3 Å². The predicted octanol–water partition coefficient (Wildman–Crippen LogP) is 2.79. The van der Waals surface area contributed by atoms with Crippen molar-refractivity contribution in [2.24, 2.45) is 5.10 Å². The van der Waals surface area contributed by atoms with Crippen molar-refractivity contribution in [3.05, 3.63) is 59.2 Å². The Morgan fingerprint density at radius 1 is 1.12 bits per heavy atom. The lowest BCUT2D eigenvalue weighted by molar-refractivity contribution is -0.136. The highest BCUT2D eigenvalue weighted by Gasteiger charge is 2.14. The number of nitrogens with zero attached hydrogens (tertiary/aromatic N) is 1. The van der Waals surface area contributed by atoms with Gasteiger partial charge in [0.2, 0.25) is 0 Å². The van der Waals surface area contributed by atoms with Gasteiger partial charge in [0.25, 0.3) is 0 Å². The summed E-state index contributed by atoms with van der Waals surface area (Å²) in [6.45, 7) is 6.17. The number of hydrogen-bond acceptors (Lipinski definition) is 4. The Bertz CT molecular complexity index is 800. The Kier molecular flexibility index (Phi) is 6.28. The fourth-order valence-corrected chi connectivity index (χ4v) is 2.13. The van der Waals surface area contributed by atoms with Gasteiger partial charge in [-0.15, -0.1) is 0 Å². The number of amides is 2. The molecule has 0 aliphatic heterocycles. The number of nitrogens with one attached hydrogen (secondary N) is 2. The summed E-state index contributed by atoms with van der Waals surface area (Å²) in [4.78, 5) is 23.8. The second-order valence-corrected chi connectivity index (χ2v) is 5.44. The van der Waals surface area contributed by atoms with E-state index < -0.39 is 11.8 Å². The van der Waals surface area contributed by atoms with Crippen LogP contribution in [0, 0.1) is 13.8 Å². The molecule has 2 aromatic carbocycles. The quantitative estimate of drug-likeness (QED) is 0.499. The Hall–Kier alpha value is -3.15.